The van der Waals surface area contributed by atoms with E-state index >= 15 is 0 Å². The van der Waals surface area contributed by atoms with Gasteiger partial charge in [0.1, 0.15) is 0 Å². The highest BCUT2D eigenvalue weighted by Crippen LogP contribution is 2.12. The Morgan fingerprint density at radius 3 is 2.67 bits per heavy atom. The predicted molar refractivity (Wildman–Crippen MR) is 95.0 cm³/mol. The number of carbonyl (C=O) groups is 5. The van der Waals surface area contributed by atoms with Crippen LogP contribution in [0, 0.1) is 0 Å². The summed E-state index contributed by atoms with van der Waals surface area (Å²) in [5, 5.41) is 4.97. The molecule has 9 heteroatoms. The molecule has 1 aliphatic rings. The van der Waals surface area contributed by atoms with E-state index in [1.807, 2.05) is 0 Å². The van der Waals surface area contributed by atoms with Crippen molar-refractivity contribution in [3.8, 4) is 0 Å². The number of nitrogens with zero attached hydrogens (tertiary/aromatic N) is 1. The topological polar surface area (TPSA) is 122 Å². The van der Waals surface area contributed by atoms with Crippen molar-refractivity contribution in [1.82, 2.24) is 10.2 Å². The number of anilines is 1. The van der Waals surface area contributed by atoms with E-state index in [2.05, 4.69) is 10.6 Å². The summed E-state index contributed by atoms with van der Waals surface area (Å²) in [4.78, 5) is 59.1. The highest BCUT2D eigenvalue weighted by Gasteiger charge is 2.28. The Hall–Kier alpha value is -3.23. The summed E-state index contributed by atoms with van der Waals surface area (Å²) in [6.45, 7) is 2.92. The van der Waals surface area contributed by atoms with Crippen LogP contribution in [-0.2, 0) is 19.1 Å². The van der Waals surface area contributed by atoms with Gasteiger partial charge in [0.15, 0.2) is 11.9 Å². The molecule has 1 saturated heterocycles. The Morgan fingerprint density at radius 1 is 1.30 bits per heavy atom. The summed E-state index contributed by atoms with van der Waals surface area (Å²) < 4.78 is 5.06. The third-order valence-corrected chi connectivity index (χ3v) is 3.91. The Labute approximate surface area is 156 Å². The molecule has 0 radical (unpaired) electrons. The molecule has 0 saturated carbocycles. The van der Waals surface area contributed by atoms with Gasteiger partial charge in [-0.15, -0.1) is 0 Å². The van der Waals surface area contributed by atoms with E-state index in [0.29, 0.717) is 11.3 Å². The molecule has 2 N–H and O–H groups in total. The normalized spacial score (nSPS) is 14.5. The fourth-order valence-corrected chi connectivity index (χ4v) is 2.43. The maximum atomic E-state index is 12.1. The van der Waals surface area contributed by atoms with E-state index in [1.165, 1.54) is 19.9 Å². The number of benzene rings is 1. The summed E-state index contributed by atoms with van der Waals surface area (Å²) >= 11 is 0. The molecule has 1 aliphatic heterocycles. The number of imide groups is 1. The van der Waals surface area contributed by atoms with E-state index in [1.54, 1.807) is 18.2 Å². The van der Waals surface area contributed by atoms with E-state index in [9.17, 15) is 24.0 Å². The van der Waals surface area contributed by atoms with Gasteiger partial charge in [0, 0.05) is 24.2 Å². The van der Waals surface area contributed by atoms with Crippen molar-refractivity contribution in [3.05, 3.63) is 29.8 Å². The molecule has 0 spiro atoms. The second-order valence-electron chi connectivity index (χ2n) is 6.07. The van der Waals surface area contributed by atoms with Gasteiger partial charge in [0.25, 0.3) is 5.91 Å². The Bertz CT molecular complexity index is 760. The number of hydrogen-bond acceptors (Lipinski definition) is 6. The van der Waals surface area contributed by atoms with Crippen LogP contribution < -0.4 is 10.6 Å². The molecular weight excluding hydrogens is 354 g/mol. The first-order chi connectivity index (χ1) is 12.8. The molecule has 144 valence electrons. The lowest BCUT2D eigenvalue weighted by atomic mass is 10.1. The van der Waals surface area contributed by atoms with E-state index in [4.69, 9.17) is 4.74 Å². The van der Waals surface area contributed by atoms with Gasteiger partial charge in [0.2, 0.25) is 5.91 Å². The van der Waals surface area contributed by atoms with Gasteiger partial charge >= 0.3 is 12.0 Å². The molecule has 1 fully saturated rings. The van der Waals surface area contributed by atoms with Crippen LogP contribution in [0.3, 0.4) is 0 Å². The number of Topliss-reactive ketones (excluding diaryl/α,β-unsaturated/α-hetero) is 1. The first-order valence-corrected chi connectivity index (χ1v) is 8.47. The Balaban J connectivity index is 1.77. The molecule has 0 aromatic heterocycles. The Morgan fingerprint density at radius 2 is 2.04 bits per heavy atom. The van der Waals surface area contributed by atoms with Crippen LogP contribution in [-0.4, -0.2) is 53.7 Å². The standard InChI is InChI=1S/C18H21N3O6/c1-11(22)13-5-3-6-14(9-13)20-17(25)12(2)27-16(24)7-4-8-21-15(23)10-19-18(21)26/h3,5-6,9,12H,4,7-8,10H2,1-2H3,(H,19,26)(H,20,25)/t12-/m0/s1. The molecule has 1 atom stereocenters. The van der Waals surface area contributed by atoms with Crippen molar-refractivity contribution in [2.24, 2.45) is 0 Å². The third-order valence-electron chi connectivity index (χ3n) is 3.91. The molecule has 4 amide bonds. The average molecular weight is 375 g/mol. The number of urea groups is 1. The van der Waals surface area contributed by atoms with Crippen molar-refractivity contribution in [1.29, 1.82) is 0 Å². The summed E-state index contributed by atoms with van der Waals surface area (Å²) in [5.41, 5.74) is 0.882. The minimum Gasteiger partial charge on any atom is -0.453 e. The van der Waals surface area contributed by atoms with Crippen LogP contribution in [0.1, 0.15) is 37.0 Å². The zero-order valence-corrected chi connectivity index (χ0v) is 15.1. The summed E-state index contributed by atoms with van der Waals surface area (Å²) in [5.74, 6) is -1.61. The molecule has 27 heavy (non-hydrogen) atoms. The third kappa shape index (κ3) is 5.63. The number of hydrogen-bond donors (Lipinski definition) is 2. The number of ketones is 1. The monoisotopic (exact) mass is 375 g/mol. The van der Waals surface area contributed by atoms with Crippen LogP contribution in [0.4, 0.5) is 10.5 Å². The number of rotatable bonds is 8. The van der Waals surface area contributed by atoms with Gasteiger partial charge in [-0.2, -0.15) is 0 Å². The maximum absolute atomic E-state index is 12.1. The quantitative estimate of drug-likeness (QED) is 0.398. The van der Waals surface area contributed by atoms with Crippen molar-refractivity contribution in [3.63, 3.8) is 0 Å². The maximum Gasteiger partial charge on any atom is 0.324 e. The second-order valence-corrected chi connectivity index (χ2v) is 6.07. The molecule has 0 aliphatic carbocycles. The highest BCUT2D eigenvalue weighted by atomic mass is 16.5. The number of esters is 1. The van der Waals surface area contributed by atoms with Gasteiger partial charge in [-0.3, -0.25) is 24.1 Å². The van der Waals surface area contributed by atoms with E-state index in [-0.39, 0.29) is 37.6 Å². The smallest absolute Gasteiger partial charge is 0.324 e. The minimum absolute atomic E-state index is 0.0332. The first-order valence-electron chi connectivity index (χ1n) is 8.47. The number of ether oxygens (including phenoxy) is 1. The summed E-state index contributed by atoms with van der Waals surface area (Å²) in [7, 11) is 0. The average Bonchev–Trinajstić information content (AvgIpc) is 2.93. The van der Waals surface area contributed by atoms with Crippen molar-refractivity contribution >= 4 is 35.3 Å². The largest absolute Gasteiger partial charge is 0.453 e. The van der Waals surface area contributed by atoms with Crippen molar-refractivity contribution < 1.29 is 28.7 Å². The van der Waals surface area contributed by atoms with Crippen LogP contribution in [0.25, 0.3) is 0 Å². The molecular formula is C18H21N3O6. The number of carbonyl (C=O) groups excluding carboxylic acids is 5. The lowest BCUT2D eigenvalue weighted by molar-refractivity contribution is -0.153. The molecule has 1 aromatic rings. The Kier molecular flexibility index (Phi) is 6.64. The zero-order valence-electron chi connectivity index (χ0n) is 15.1. The molecule has 1 aromatic carbocycles. The van der Waals surface area contributed by atoms with Gasteiger partial charge in [0.05, 0.1) is 6.54 Å². The number of amides is 4. The highest BCUT2D eigenvalue weighted by molar-refractivity contribution is 6.02. The molecule has 0 bridgehead atoms. The minimum atomic E-state index is -1.03. The van der Waals surface area contributed by atoms with Gasteiger partial charge < -0.3 is 15.4 Å². The van der Waals surface area contributed by atoms with Gasteiger partial charge in [-0.25, -0.2) is 4.79 Å². The fraction of sp³-hybridized carbons (Fsp3) is 0.389. The lowest BCUT2D eigenvalue weighted by Crippen LogP contribution is -2.33. The zero-order chi connectivity index (χ0) is 20.0. The summed E-state index contributed by atoms with van der Waals surface area (Å²) in [6.07, 6.45) is -0.822. The van der Waals surface area contributed by atoms with E-state index in [0.717, 1.165) is 4.90 Å². The molecule has 0 unspecified atom stereocenters. The van der Waals surface area contributed by atoms with Crippen molar-refractivity contribution in [2.45, 2.75) is 32.8 Å². The van der Waals surface area contributed by atoms with E-state index < -0.39 is 24.0 Å². The van der Waals surface area contributed by atoms with Gasteiger partial charge in [-0.05, 0) is 32.4 Å². The fourth-order valence-electron chi connectivity index (χ4n) is 2.43. The molecule has 1 heterocycles. The van der Waals surface area contributed by atoms with Crippen LogP contribution in [0.2, 0.25) is 0 Å². The molecule has 2 rings (SSSR count). The van der Waals surface area contributed by atoms with Crippen LogP contribution >= 0.6 is 0 Å². The van der Waals surface area contributed by atoms with Crippen molar-refractivity contribution in [2.75, 3.05) is 18.4 Å². The lowest BCUT2D eigenvalue weighted by Gasteiger charge is -2.15. The predicted octanol–water partition coefficient (Wildman–Crippen LogP) is 1.09. The van der Waals surface area contributed by atoms with Crippen LogP contribution in [0.15, 0.2) is 24.3 Å². The first kappa shape index (κ1) is 20.1. The molecule has 9 nitrogen and oxygen atoms in total. The van der Waals surface area contributed by atoms with Gasteiger partial charge in [-0.1, -0.05) is 12.1 Å². The SMILES string of the molecule is CC(=O)c1cccc(NC(=O)[C@H](C)OC(=O)CCCN2C(=O)CNC2=O)c1. The summed E-state index contributed by atoms with van der Waals surface area (Å²) in [6, 6.07) is 5.95. The number of nitrogens with one attached hydrogen (secondary N) is 2. The second kappa shape index (κ2) is 8.93. The van der Waals surface area contributed by atoms with Crippen LogP contribution in [0.5, 0.6) is 0 Å².